The number of likely N-dealkylation sites (tertiary alicyclic amines) is 1. The van der Waals surface area contributed by atoms with Crippen LogP contribution >= 0.6 is 0 Å². The average molecular weight is 257 g/mol. The van der Waals surface area contributed by atoms with Crippen molar-refractivity contribution in [2.75, 3.05) is 25.5 Å². The van der Waals surface area contributed by atoms with E-state index in [1.165, 1.54) is 0 Å². The molecule has 2 atom stereocenters. The van der Waals surface area contributed by atoms with Crippen LogP contribution in [0.15, 0.2) is 24.3 Å². The number of fused-ring (bicyclic) bond motifs is 1. The summed E-state index contributed by atoms with van der Waals surface area (Å²) >= 11 is 0. The van der Waals surface area contributed by atoms with Gasteiger partial charge in [0.25, 0.3) is 0 Å². The lowest BCUT2D eigenvalue weighted by molar-refractivity contribution is 0.205. The van der Waals surface area contributed by atoms with E-state index in [-0.39, 0.29) is 0 Å². The monoisotopic (exact) mass is 257 g/mol. The summed E-state index contributed by atoms with van der Waals surface area (Å²) in [5, 5.41) is 11.8. The number of para-hydroxylation sites is 1. The first-order valence-electron chi connectivity index (χ1n) is 6.77. The van der Waals surface area contributed by atoms with Gasteiger partial charge in [-0.25, -0.2) is 4.98 Å². The van der Waals surface area contributed by atoms with Gasteiger partial charge in [-0.15, -0.1) is 10.2 Å². The zero-order valence-corrected chi connectivity index (χ0v) is 11.4. The molecule has 0 radical (unpaired) electrons. The van der Waals surface area contributed by atoms with Gasteiger partial charge in [0.05, 0.1) is 5.52 Å². The van der Waals surface area contributed by atoms with Gasteiger partial charge in [0.2, 0.25) is 5.95 Å². The van der Waals surface area contributed by atoms with E-state index in [1.807, 2.05) is 24.3 Å². The largest absolute Gasteiger partial charge is 0.350 e. The summed E-state index contributed by atoms with van der Waals surface area (Å²) in [6.07, 6.45) is 1.12. The number of piperidine rings is 1. The van der Waals surface area contributed by atoms with Gasteiger partial charge >= 0.3 is 0 Å². The van der Waals surface area contributed by atoms with Crippen molar-refractivity contribution in [1.29, 1.82) is 0 Å². The molecule has 0 amide bonds. The van der Waals surface area contributed by atoms with Crippen molar-refractivity contribution < 1.29 is 0 Å². The van der Waals surface area contributed by atoms with Gasteiger partial charge in [0, 0.05) is 12.6 Å². The third-order valence-electron chi connectivity index (χ3n) is 3.78. The molecule has 1 aliphatic heterocycles. The molecule has 0 bridgehead atoms. The predicted octanol–water partition coefficient (Wildman–Crippen LogP) is 1.78. The minimum Gasteiger partial charge on any atom is -0.350 e. The second kappa shape index (κ2) is 5.09. The van der Waals surface area contributed by atoms with E-state index in [1.54, 1.807) is 0 Å². The van der Waals surface area contributed by atoms with E-state index < -0.39 is 0 Å². The highest BCUT2D eigenvalue weighted by molar-refractivity contribution is 5.74. The number of benzene rings is 1. The second-order valence-corrected chi connectivity index (χ2v) is 5.40. The van der Waals surface area contributed by atoms with Crippen LogP contribution in [0.2, 0.25) is 0 Å². The standard InChI is InChI=1S/C14H19N5/c1-10-9-19(2)8-7-11(10)15-14-16-12-5-3-4-6-13(12)17-18-14/h3-6,10-11H,7-9H2,1-2H3,(H,15,16,18). The summed E-state index contributed by atoms with van der Waals surface area (Å²) in [6, 6.07) is 8.24. The normalized spacial score (nSPS) is 24.5. The van der Waals surface area contributed by atoms with E-state index in [0.29, 0.717) is 17.9 Å². The minimum atomic E-state index is 0.430. The lowest BCUT2D eigenvalue weighted by atomic mass is 9.94. The molecule has 1 fully saturated rings. The summed E-state index contributed by atoms with van der Waals surface area (Å²) < 4.78 is 0. The van der Waals surface area contributed by atoms with Crippen molar-refractivity contribution in [2.45, 2.75) is 19.4 Å². The summed E-state index contributed by atoms with van der Waals surface area (Å²) in [5.74, 6) is 1.23. The van der Waals surface area contributed by atoms with Gasteiger partial charge in [-0.3, -0.25) is 0 Å². The van der Waals surface area contributed by atoms with Crippen LogP contribution in [-0.4, -0.2) is 46.3 Å². The highest BCUT2D eigenvalue weighted by Gasteiger charge is 2.24. The summed E-state index contributed by atoms with van der Waals surface area (Å²) in [7, 11) is 2.17. The Kier molecular flexibility index (Phi) is 3.29. The van der Waals surface area contributed by atoms with Gasteiger partial charge in [-0.1, -0.05) is 19.1 Å². The van der Waals surface area contributed by atoms with Gasteiger partial charge in [0.1, 0.15) is 5.52 Å². The average Bonchev–Trinajstić information content (AvgIpc) is 2.42. The Labute approximate surface area is 113 Å². The highest BCUT2D eigenvalue weighted by atomic mass is 15.3. The van der Waals surface area contributed by atoms with Crippen LogP contribution in [0.25, 0.3) is 11.0 Å². The number of hydrogen-bond donors (Lipinski definition) is 1. The van der Waals surface area contributed by atoms with Crippen LogP contribution < -0.4 is 5.32 Å². The highest BCUT2D eigenvalue weighted by Crippen LogP contribution is 2.19. The molecular weight excluding hydrogens is 238 g/mol. The van der Waals surface area contributed by atoms with E-state index >= 15 is 0 Å². The fourth-order valence-electron chi connectivity index (χ4n) is 2.68. The van der Waals surface area contributed by atoms with Crippen molar-refractivity contribution in [3.8, 4) is 0 Å². The number of hydrogen-bond acceptors (Lipinski definition) is 5. The molecule has 5 nitrogen and oxygen atoms in total. The zero-order valence-electron chi connectivity index (χ0n) is 11.4. The van der Waals surface area contributed by atoms with Crippen molar-refractivity contribution in [2.24, 2.45) is 5.92 Å². The summed E-state index contributed by atoms with van der Waals surface area (Å²) in [4.78, 5) is 6.89. The lowest BCUT2D eigenvalue weighted by Gasteiger charge is -2.35. The number of aromatic nitrogens is 3. The quantitative estimate of drug-likeness (QED) is 0.888. The molecule has 1 aliphatic rings. The molecule has 0 aliphatic carbocycles. The SMILES string of the molecule is CC1CN(C)CCC1Nc1nnc2ccccc2n1. The Hall–Kier alpha value is -1.75. The van der Waals surface area contributed by atoms with Gasteiger partial charge in [-0.05, 0) is 38.1 Å². The molecular formula is C14H19N5. The fourth-order valence-corrected chi connectivity index (χ4v) is 2.68. The van der Waals surface area contributed by atoms with Crippen LogP contribution in [0.1, 0.15) is 13.3 Å². The van der Waals surface area contributed by atoms with Gasteiger partial charge < -0.3 is 10.2 Å². The van der Waals surface area contributed by atoms with E-state index in [0.717, 1.165) is 30.5 Å². The summed E-state index contributed by atoms with van der Waals surface area (Å²) in [5.41, 5.74) is 1.73. The van der Waals surface area contributed by atoms with Crippen LogP contribution in [-0.2, 0) is 0 Å². The molecule has 1 saturated heterocycles. The first kappa shape index (κ1) is 12.3. The molecule has 2 unspecified atom stereocenters. The molecule has 3 rings (SSSR count). The third kappa shape index (κ3) is 2.66. The molecule has 5 heteroatoms. The molecule has 1 aromatic heterocycles. The molecule has 0 saturated carbocycles. The number of anilines is 1. The second-order valence-electron chi connectivity index (χ2n) is 5.40. The molecule has 19 heavy (non-hydrogen) atoms. The third-order valence-corrected chi connectivity index (χ3v) is 3.78. The van der Waals surface area contributed by atoms with Crippen LogP contribution in [0.4, 0.5) is 5.95 Å². The van der Waals surface area contributed by atoms with Crippen molar-refractivity contribution in [3.05, 3.63) is 24.3 Å². The Balaban J connectivity index is 1.77. The molecule has 2 heterocycles. The number of nitrogens with one attached hydrogen (secondary N) is 1. The van der Waals surface area contributed by atoms with E-state index in [4.69, 9.17) is 0 Å². The van der Waals surface area contributed by atoms with Crippen molar-refractivity contribution in [1.82, 2.24) is 20.1 Å². The van der Waals surface area contributed by atoms with Crippen LogP contribution in [0, 0.1) is 5.92 Å². The Morgan fingerprint density at radius 1 is 1.21 bits per heavy atom. The number of rotatable bonds is 2. The molecule has 2 aromatic rings. The maximum atomic E-state index is 4.52. The Morgan fingerprint density at radius 3 is 2.79 bits per heavy atom. The van der Waals surface area contributed by atoms with E-state index in [2.05, 4.69) is 39.4 Å². The number of nitrogens with zero attached hydrogens (tertiary/aromatic N) is 4. The molecule has 0 spiro atoms. The minimum absolute atomic E-state index is 0.430. The molecule has 1 N–H and O–H groups in total. The maximum Gasteiger partial charge on any atom is 0.243 e. The zero-order chi connectivity index (χ0) is 13.2. The summed E-state index contributed by atoms with van der Waals surface area (Å²) in [6.45, 7) is 4.49. The Morgan fingerprint density at radius 2 is 2.00 bits per heavy atom. The van der Waals surface area contributed by atoms with Crippen LogP contribution in [0.3, 0.4) is 0 Å². The van der Waals surface area contributed by atoms with Crippen LogP contribution in [0.5, 0.6) is 0 Å². The fraction of sp³-hybridized carbons (Fsp3) is 0.500. The molecule has 1 aromatic carbocycles. The van der Waals surface area contributed by atoms with Crippen molar-refractivity contribution >= 4 is 17.0 Å². The first-order valence-corrected chi connectivity index (χ1v) is 6.77. The van der Waals surface area contributed by atoms with E-state index in [9.17, 15) is 0 Å². The topological polar surface area (TPSA) is 53.9 Å². The smallest absolute Gasteiger partial charge is 0.243 e. The van der Waals surface area contributed by atoms with Gasteiger partial charge in [-0.2, -0.15) is 0 Å². The first-order chi connectivity index (χ1) is 9.22. The predicted molar refractivity (Wildman–Crippen MR) is 76.0 cm³/mol. The van der Waals surface area contributed by atoms with Gasteiger partial charge in [0.15, 0.2) is 0 Å². The lowest BCUT2D eigenvalue weighted by Crippen LogP contribution is -2.43. The molecule has 100 valence electrons. The maximum absolute atomic E-state index is 4.52. The Bertz CT molecular complexity index is 571. The van der Waals surface area contributed by atoms with Crippen molar-refractivity contribution in [3.63, 3.8) is 0 Å².